The van der Waals surface area contributed by atoms with Gasteiger partial charge in [-0.15, -0.1) is 0 Å². The van der Waals surface area contributed by atoms with Crippen molar-refractivity contribution in [3.8, 4) is 0 Å². The van der Waals surface area contributed by atoms with Gasteiger partial charge in [-0.3, -0.25) is 4.79 Å². The molecule has 2 atom stereocenters. The molecule has 1 heterocycles. The smallest absolute Gasteiger partial charge is 0.414 e. The molecule has 5 heteroatoms. The SMILES string of the molecule is O=C(O)N1C(=O)/C(=C/O)[C@H]2CC=C[C@H]21. The Morgan fingerprint density at radius 3 is 2.93 bits per heavy atom. The van der Waals surface area contributed by atoms with Crippen molar-refractivity contribution >= 4 is 12.0 Å². The fourth-order valence-corrected chi connectivity index (χ4v) is 2.01. The van der Waals surface area contributed by atoms with Crippen LogP contribution in [0.1, 0.15) is 6.42 Å². The highest BCUT2D eigenvalue weighted by atomic mass is 16.4. The van der Waals surface area contributed by atoms with Crippen LogP contribution < -0.4 is 0 Å². The Hall–Kier alpha value is -1.78. The first-order valence-electron chi connectivity index (χ1n) is 4.24. The van der Waals surface area contributed by atoms with Gasteiger partial charge in [0.2, 0.25) is 0 Å². The average Bonchev–Trinajstić information content (AvgIpc) is 2.62. The minimum Gasteiger partial charge on any atom is -0.515 e. The van der Waals surface area contributed by atoms with E-state index in [-0.39, 0.29) is 11.5 Å². The van der Waals surface area contributed by atoms with E-state index in [1.807, 2.05) is 6.08 Å². The van der Waals surface area contributed by atoms with Gasteiger partial charge in [-0.05, 0) is 6.42 Å². The molecule has 0 bridgehead atoms. The van der Waals surface area contributed by atoms with E-state index in [2.05, 4.69) is 0 Å². The number of carbonyl (C=O) groups excluding carboxylic acids is 1. The second kappa shape index (κ2) is 2.87. The Morgan fingerprint density at radius 1 is 1.64 bits per heavy atom. The van der Waals surface area contributed by atoms with E-state index in [4.69, 9.17) is 10.2 Å². The van der Waals surface area contributed by atoms with Crippen LogP contribution in [0.5, 0.6) is 0 Å². The summed E-state index contributed by atoms with van der Waals surface area (Å²) >= 11 is 0. The lowest BCUT2D eigenvalue weighted by molar-refractivity contribution is -0.123. The molecular weight excluding hydrogens is 186 g/mol. The highest BCUT2D eigenvalue weighted by molar-refractivity contribution is 6.05. The summed E-state index contributed by atoms with van der Waals surface area (Å²) in [5, 5.41) is 17.7. The number of amides is 2. The van der Waals surface area contributed by atoms with Gasteiger partial charge in [-0.25, -0.2) is 9.69 Å². The Kier molecular flexibility index (Phi) is 1.80. The van der Waals surface area contributed by atoms with Crippen LogP contribution in [-0.4, -0.2) is 33.2 Å². The maximum absolute atomic E-state index is 11.5. The van der Waals surface area contributed by atoms with E-state index in [1.54, 1.807) is 6.08 Å². The first-order chi connectivity index (χ1) is 6.66. The molecular formula is C9H9NO4. The number of imide groups is 1. The molecule has 2 aliphatic rings. The predicted molar refractivity (Wildman–Crippen MR) is 46.6 cm³/mol. The van der Waals surface area contributed by atoms with Gasteiger partial charge in [-0.1, -0.05) is 12.2 Å². The zero-order valence-electron chi connectivity index (χ0n) is 7.25. The van der Waals surface area contributed by atoms with E-state index < -0.39 is 18.0 Å². The van der Waals surface area contributed by atoms with Crippen LogP contribution in [-0.2, 0) is 4.79 Å². The summed E-state index contributed by atoms with van der Waals surface area (Å²) in [4.78, 5) is 23.0. The second-order valence-corrected chi connectivity index (χ2v) is 3.30. The van der Waals surface area contributed by atoms with Gasteiger partial charge in [0.1, 0.15) is 0 Å². The molecule has 1 aliphatic heterocycles. The summed E-state index contributed by atoms with van der Waals surface area (Å²) in [6.07, 6.45) is 3.56. The molecule has 14 heavy (non-hydrogen) atoms. The van der Waals surface area contributed by atoms with Crippen molar-refractivity contribution in [2.24, 2.45) is 5.92 Å². The minimum atomic E-state index is -1.27. The van der Waals surface area contributed by atoms with Gasteiger partial charge < -0.3 is 10.2 Å². The summed E-state index contributed by atoms with van der Waals surface area (Å²) in [6.45, 7) is 0. The number of carbonyl (C=O) groups is 2. The fraction of sp³-hybridized carbons (Fsp3) is 0.333. The maximum Gasteiger partial charge on any atom is 0.414 e. The third-order valence-corrected chi connectivity index (χ3v) is 2.64. The largest absolute Gasteiger partial charge is 0.515 e. The molecule has 0 spiro atoms. The average molecular weight is 195 g/mol. The molecule has 0 saturated carbocycles. The Bertz CT molecular complexity index is 358. The number of allylic oxidation sites excluding steroid dienone is 1. The third kappa shape index (κ3) is 0.951. The Balaban J connectivity index is 2.41. The van der Waals surface area contributed by atoms with Gasteiger partial charge in [0.05, 0.1) is 17.9 Å². The summed E-state index contributed by atoms with van der Waals surface area (Å²) < 4.78 is 0. The van der Waals surface area contributed by atoms with Crippen LogP contribution in [0.25, 0.3) is 0 Å². The standard InChI is InChI=1S/C9H9NO4/c11-4-6-5-2-1-3-7(5)10(8(6)12)9(13)14/h1,3-5,7,11H,2H2,(H,13,14)/b6-4+/t5-,7-/m1/s1. The van der Waals surface area contributed by atoms with Gasteiger partial charge in [0.15, 0.2) is 0 Å². The molecule has 74 valence electrons. The monoisotopic (exact) mass is 195 g/mol. The number of likely N-dealkylation sites (tertiary alicyclic amines) is 1. The van der Waals surface area contributed by atoms with Crippen LogP contribution in [0.2, 0.25) is 0 Å². The molecule has 0 aromatic rings. The highest BCUT2D eigenvalue weighted by Gasteiger charge is 2.47. The molecule has 0 unspecified atom stereocenters. The lowest BCUT2D eigenvalue weighted by Gasteiger charge is -2.15. The minimum absolute atomic E-state index is 0.183. The van der Waals surface area contributed by atoms with Gasteiger partial charge >= 0.3 is 6.09 Å². The molecule has 1 saturated heterocycles. The van der Waals surface area contributed by atoms with Crippen molar-refractivity contribution in [2.45, 2.75) is 12.5 Å². The summed E-state index contributed by atoms with van der Waals surface area (Å²) in [7, 11) is 0. The summed E-state index contributed by atoms with van der Waals surface area (Å²) in [6, 6.07) is -0.432. The lowest BCUT2D eigenvalue weighted by Crippen LogP contribution is -2.37. The number of aliphatic hydroxyl groups excluding tert-OH is 1. The number of fused-ring (bicyclic) bond motifs is 1. The lowest BCUT2D eigenvalue weighted by atomic mass is 9.99. The van der Waals surface area contributed by atoms with E-state index in [9.17, 15) is 9.59 Å². The first kappa shape index (κ1) is 8.80. The van der Waals surface area contributed by atoms with Crippen molar-refractivity contribution < 1.29 is 19.8 Å². The van der Waals surface area contributed by atoms with E-state index in [0.717, 1.165) is 11.2 Å². The Morgan fingerprint density at radius 2 is 2.36 bits per heavy atom. The summed E-state index contributed by atoms with van der Waals surface area (Å²) in [5.41, 5.74) is 0.183. The van der Waals surface area contributed by atoms with E-state index in [1.165, 1.54) is 0 Å². The van der Waals surface area contributed by atoms with Crippen LogP contribution >= 0.6 is 0 Å². The zero-order chi connectivity index (χ0) is 10.3. The normalized spacial score (nSPS) is 32.7. The molecule has 1 fully saturated rings. The van der Waals surface area contributed by atoms with Crippen molar-refractivity contribution in [1.29, 1.82) is 0 Å². The maximum atomic E-state index is 11.5. The van der Waals surface area contributed by atoms with Gasteiger partial charge in [0.25, 0.3) is 5.91 Å². The first-order valence-corrected chi connectivity index (χ1v) is 4.24. The number of hydrogen-bond donors (Lipinski definition) is 2. The summed E-state index contributed by atoms with van der Waals surface area (Å²) in [5.74, 6) is -0.817. The van der Waals surface area contributed by atoms with Crippen LogP contribution in [0.3, 0.4) is 0 Å². The van der Waals surface area contributed by atoms with E-state index in [0.29, 0.717) is 6.42 Å². The van der Waals surface area contributed by atoms with Crippen molar-refractivity contribution in [3.63, 3.8) is 0 Å². The van der Waals surface area contributed by atoms with Crippen molar-refractivity contribution in [1.82, 2.24) is 4.90 Å². The molecule has 2 amide bonds. The number of carboxylic acid groups (broad SMARTS) is 1. The molecule has 0 aromatic heterocycles. The Labute approximate surface area is 79.9 Å². The fourth-order valence-electron chi connectivity index (χ4n) is 2.01. The van der Waals surface area contributed by atoms with Crippen LogP contribution in [0, 0.1) is 5.92 Å². The molecule has 2 rings (SSSR count). The topological polar surface area (TPSA) is 77.8 Å². The second-order valence-electron chi connectivity index (χ2n) is 3.30. The van der Waals surface area contributed by atoms with Gasteiger partial charge in [0, 0.05) is 5.92 Å². The number of aliphatic hydroxyl groups is 1. The third-order valence-electron chi connectivity index (χ3n) is 2.64. The molecule has 0 radical (unpaired) electrons. The number of nitrogens with zero attached hydrogens (tertiary/aromatic N) is 1. The molecule has 5 nitrogen and oxygen atoms in total. The predicted octanol–water partition coefficient (Wildman–Crippen LogP) is 0.893. The van der Waals surface area contributed by atoms with Gasteiger partial charge in [-0.2, -0.15) is 0 Å². The molecule has 0 aromatic carbocycles. The van der Waals surface area contributed by atoms with Crippen LogP contribution in [0.4, 0.5) is 4.79 Å². The van der Waals surface area contributed by atoms with Crippen molar-refractivity contribution in [2.75, 3.05) is 0 Å². The van der Waals surface area contributed by atoms with Crippen molar-refractivity contribution in [3.05, 3.63) is 24.0 Å². The quantitative estimate of drug-likeness (QED) is 0.342. The zero-order valence-corrected chi connectivity index (χ0v) is 7.25. The van der Waals surface area contributed by atoms with E-state index >= 15 is 0 Å². The molecule has 1 aliphatic carbocycles. The number of rotatable bonds is 0. The number of hydrogen-bond acceptors (Lipinski definition) is 3. The highest BCUT2D eigenvalue weighted by Crippen LogP contribution is 2.37. The molecule has 2 N–H and O–H groups in total. The van der Waals surface area contributed by atoms with Crippen LogP contribution in [0.15, 0.2) is 24.0 Å².